The Kier molecular flexibility index (Phi) is 4.74. The third-order valence-corrected chi connectivity index (χ3v) is 3.45. The lowest BCUT2D eigenvalue weighted by Crippen LogP contribution is -2.16. The van der Waals surface area contributed by atoms with Gasteiger partial charge in [0.1, 0.15) is 11.6 Å². The van der Waals surface area contributed by atoms with E-state index in [9.17, 15) is 18.0 Å². The fraction of sp³-hybridized carbons (Fsp3) is 0.0556. The Morgan fingerprint density at radius 1 is 1.04 bits per heavy atom. The normalized spacial score (nSPS) is 10.7. The van der Waals surface area contributed by atoms with E-state index in [0.717, 1.165) is 0 Å². The molecule has 0 unspecified atom stereocenters. The predicted octanol–water partition coefficient (Wildman–Crippen LogP) is 4.47. The maximum Gasteiger partial charge on any atom is 0.387 e. The van der Waals surface area contributed by atoms with Crippen LogP contribution in [-0.4, -0.2) is 17.1 Å². The summed E-state index contributed by atoms with van der Waals surface area (Å²) in [5.74, 6) is -1.67. The first-order valence-electron chi connectivity index (χ1n) is 7.32. The Morgan fingerprint density at radius 3 is 2.48 bits per heavy atom. The topological polar surface area (TPSA) is 43.3 Å². The molecule has 0 aliphatic rings. The van der Waals surface area contributed by atoms with E-state index in [1.807, 2.05) is 0 Å². The molecule has 0 aliphatic heterocycles. The number of nitrogens with zero attached hydrogens (tertiary/aromatic N) is 1. The number of hydrogen-bond acceptors (Lipinski definition) is 2. The molecular weight excluding hydrogens is 333 g/mol. The zero-order valence-electron chi connectivity index (χ0n) is 12.8. The summed E-state index contributed by atoms with van der Waals surface area (Å²) >= 11 is 0. The summed E-state index contributed by atoms with van der Waals surface area (Å²) in [5, 5.41) is 2.39. The SMILES string of the molecule is O=C(Nc1cc(-n2cccc2)ccc1F)c1ccccc1OC(F)F. The Bertz CT molecular complexity index is 880. The van der Waals surface area contributed by atoms with Crippen molar-refractivity contribution in [3.8, 4) is 11.4 Å². The van der Waals surface area contributed by atoms with Crippen LogP contribution in [0.2, 0.25) is 0 Å². The summed E-state index contributed by atoms with van der Waals surface area (Å²) in [6, 6.07) is 13.4. The Morgan fingerprint density at radius 2 is 1.76 bits per heavy atom. The van der Waals surface area contributed by atoms with Gasteiger partial charge < -0.3 is 14.6 Å². The van der Waals surface area contributed by atoms with Crippen molar-refractivity contribution in [1.82, 2.24) is 4.57 Å². The molecule has 0 saturated carbocycles. The van der Waals surface area contributed by atoms with Crippen LogP contribution in [0.3, 0.4) is 0 Å². The fourth-order valence-corrected chi connectivity index (χ4v) is 2.32. The second-order valence-corrected chi connectivity index (χ2v) is 5.08. The highest BCUT2D eigenvalue weighted by Crippen LogP contribution is 2.24. The van der Waals surface area contributed by atoms with Gasteiger partial charge in [-0.15, -0.1) is 0 Å². The van der Waals surface area contributed by atoms with E-state index < -0.39 is 18.3 Å². The molecule has 3 aromatic rings. The van der Waals surface area contributed by atoms with E-state index >= 15 is 0 Å². The molecule has 1 amide bonds. The van der Waals surface area contributed by atoms with Crippen molar-refractivity contribution in [3.05, 3.63) is 78.4 Å². The molecule has 1 N–H and O–H groups in total. The highest BCUT2D eigenvalue weighted by molar-refractivity contribution is 6.06. The highest BCUT2D eigenvalue weighted by atomic mass is 19.3. The highest BCUT2D eigenvalue weighted by Gasteiger charge is 2.17. The van der Waals surface area contributed by atoms with Crippen LogP contribution in [0.15, 0.2) is 67.0 Å². The van der Waals surface area contributed by atoms with E-state index in [1.54, 1.807) is 35.2 Å². The van der Waals surface area contributed by atoms with Crippen LogP contribution in [0.25, 0.3) is 5.69 Å². The van der Waals surface area contributed by atoms with E-state index in [-0.39, 0.29) is 17.0 Å². The van der Waals surface area contributed by atoms with Crippen molar-refractivity contribution >= 4 is 11.6 Å². The minimum absolute atomic E-state index is 0.0666. The molecule has 4 nitrogen and oxygen atoms in total. The molecule has 1 heterocycles. The van der Waals surface area contributed by atoms with Crippen molar-refractivity contribution in [2.45, 2.75) is 6.61 Å². The minimum Gasteiger partial charge on any atom is -0.434 e. The molecule has 0 bridgehead atoms. The molecule has 1 aromatic heterocycles. The monoisotopic (exact) mass is 346 g/mol. The van der Waals surface area contributed by atoms with Crippen molar-refractivity contribution in [3.63, 3.8) is 0 Å². The zero-order valence-corrected chi connectivity index (χ0v) is 12.8. The number of rotatable bonds is 5. The number of hydrogen-bond donors (Lipinski definition) is 1. The molecule has 0 aliphatic carbocycles. The average Bonchev–Trinajstić information content (AvgIpc) is 3.11. The van der Waals surface area contributed by atoms with Crippen LogP contribution in [-0.2, 0) is 0 Å². The number of carbonyl (C=O) groups is 1. The number of ether oxygens (including phenoxy) is 1. The number of carbonyl (C=O) groups excluding carboxylic acids is 1. The molecule has 3 rings (SSSR count). The van der Waals surface area contributed by atoms with Gasteiger partial charge >= 0.3 is 6.61 Å². The zero-order chi connectivity index (χ0) is 17.8. The van der Waals surface area contributed by atoms with E-state index in [0.29, 0.717) is 5.69 Å². The molecule has 0 saturated heterocycles. The van der Waals surface area contributed by atoms with Gasteiger partial charge in [0.25, 0.3) is 5.91 Å². The van der Waals surface area contributed by atoms with Crippen LogP contribution in [0, 0.1) is 5.82 Å². The Balaban J connectivity index is 1.88. The van der Waals surface area contributed by atoms with E-state index in [2.05, 4.69) is 10.1 Å². The number of nitrogens with one attached hydrogen (secondary N) is 1. The lowest BCUT2D eigenvalue weighted by Gasteiger charge is -2.12. The van der Waals surface area contributed by atoms with Crippen molar-refractivity contribution < 1.29 is 22.7 Å². The van der Waals surface area contributed by atoms with Gasteiger partial charge in [-0.05, 0) is 42.5 Å². The van der Waals surface area contributed by atoms with Crippen molar-refractivity contribution in [2.75, 3.05) is 5.32 Å². The summed E-state index contributed by atoms with van der Waals surface area (Å²) in [6.45, 7) is -3.07. The molecule has 128 valence electrons. The van der Waals surface area contributed by atoms with Crippen LogP contribution in [0.4, 0.5) is 18.9 Å². The summed E-state index contributed by atoms with van der Waals surface area (Å²) in [7, 11) is 0. The van der Waals surface area contributed by atoms with Gasteiger partial charge in [0, 0.05) is 18.1 Å². The number of aromatic nitrogens is 1. The predicted molar refractivity (Wildman–Crippen MR) is 86.8 cm³/mol. The maximum atomic E-state index is 14.0. The summed E-state index contributed by atoms with van der Waals surface area (Å²) in [4.78, 5) is 12.4. The molecule has 2 aromatic carbocycles. The quantitative estimate of drug-likeness (QED) is 0.741. The lowest BCUT2D eigenvalue weighted by molar-refractivity contribution is -0.0501. The van der Waals surface area contributed by atoms with E-state index in [1.165, 1.54) is 36.4 Å². The van der Waals surface area contributed by atoms with Crippen molar-refractivity contribution in [2.24, 2.45) is 0 Å². The number of amides is 1. The third-order valence-electron chi connectivity index (χ3n) is 3.45. The van der Waals surface area contributed by atoms with Crippen LogP contribution >= 0.6 is 0 Å². The second kappa shape index (κ2) is 7.12. The maximum absolute atomic E-state index is 14.0. The lowest BCUT2D eigenvalue weighted by atomic mass is 10.1. The standard InChI is InChI=1S/C18H13F3N2O2/c19-14-8-7-12(23-9-3-4-10-23)11-15(14)22-17(24)13-5-1-2-6-16(13)25-18(20)21/h1-11,18H,(H,22,24). The van der Waals surface area contributed by atoms with Gasteiger partial charge in [0.15, 0.2) is 0 Å². The second-order valence-electron chi connectivity index (χ2n) is 5.08. The molecule has 0 atom stereocenters. The molecule has 0 spiro atoms. The van der Waals surface area contributed by atoms with Gasteiger partial charge in [0.05, 0.1) is 11.3 Å². The fourth-order valence-electron chi connectivity index (χ4n) is 2.32. The largest absolute Gasteiger partial charge is 0.434 e. The van der Waals surface area contributed by atoms with Gasteiger partial charge in [0.2, 0.25) is 0 Å². The summed E-state index contributed by atoms with van der Waals surface area (Å²) in [6.07, 6.45) is 3.54. The van der Waals surface area contributed by atoms with Gasteiger partial charge in [-0.2, -0.15) is 8.78 Å². The number of alkyl halides is 2. The van der Waals surface area contributed by atoms with Crippen LogP contribution in [0.5, 0.6) is 5.75 Å². The summed E-state index contributed by atoms with van der Waals surface area (Å²) < 4.78 is 45.0. The molecule has 0 radical (unpaired) electrons. The van der Waals surface area contributed by atoms with Gasteiger partial charge in [-0.3, -0.25) is 4.79 Å². The Labute approximate surface area is 141 Å². The smallest absolute Gasteiger partial charge is 0.387 e. The van der Waals surface area contributed by atoms with Crippen LogP contribution in [0.1, 0.15) is 10.4 Å². The number of anilines is 1. The number of para-hydroxylation sites is 1. The first-order chi connectivity index (χ1) is 12.0. The number of benzene rings is 2. The molecule has 0 fully saturated rings. The van der Waals surface area contributed by atoms with E-state index in [4.69, 9.17) is 0 Å². The first-order valence-corrected chi connectivity index (χ1v) is 7.32. The first kappa shape index (κ1) is 16.6. The van der Waals surface area contributed by atoms with Crippen molar-refractivity contribution in [1.29, 1.82) is 0 Å². The van der Waals surface area contributed by atoms with Gasteiger partial charge in [-0.25, -0.2) is 4.39 Å². The Hall–Kier alpha value is -3.22. The minimum atomic E-state index is -3.07. The molecular formula is C18H13F3N2O2. The molecule has 7 heteroatoms. The molecule has 25 heavy (non-hydrogen) atoms. The summed E-state index contributed by atoms with van der Waals surface area (Å²) in [5.41, 5.74) is 0.454. The third kappa shape index (κ3) is 3.82. The average molecular weight is 346 g/mol. The van der Waals surface area contributed by atoms with Crippen LogP contribution < -0.4 is 10.1 Å². The number of halogens is 3. The van der Waals surface area contributed by atoms with Gasteiger partial charge in [-0.1, -0.05) is 12.1 Å².